The summed E-state index contributed by atoms with van der Waals surface area (Å²) >= 11 is 0. The van der Waals surface area contributed by atoms with Gasteiger partial charge in [0.15, 0.2) is 0 Å². The van der Waals surface area contributed by atoms with Crippen molar-refractivity contribution in [1.82, 2.24) is 0 Å². The van der Waals surface area contributed by atoms with Gasteiger partial charge in [0.2, 0.25) is 0 Å². The third-order valence-electron chi connectivity index (χ3n) is 6.80. The molecule has 0 fully saturated rings. The van der Waals surface area contributed by atoms with Gasteiger partial charge >= 0.3 is 0 Å². The largest absolute Gasteiger partial charge is 0.507 e. The Morgan fingerprint density at radius 3 is 1.81 bits per heavy atom. The lowest BCUT2D eigenvalue weighted by atomic mass is 9.89. The van der Waals surface area contributed by atoms with Crippen LogP contribution in [0.3, 0.4) is 0 Å². The first kappa shape index (κ1) is 27.9. The van der Waals surface area contributed by atoms with Crippen LogP contribution >= 0.6 is 0 Å². The smallest absolute Gasteiger partial charge is 0.122 e. The van der Waals surface area contributed by atoms with Crippen LogP contribution in [0.5, 0.6) is 11.5 Å². The molecule has 0 saturated heterocycles. The predicted molar refractivity (Wildman–Crippen MR) is 137 cm³/mol. The van der Waals surface area contributed by atoms with Gasteiger partial charge in [0.05, 0.1) is 7.11 Å². The first-order chi connectivity index (χ1) is 15.0. The zero-order valence-electron chi connectivity index (χ0n) is 21.5. The minimum Gasteiger partial charge on any atom is -0.507 e. The van der Waals surface area contributed by atoms with Crippen molar-refractivity contribution in [1.29, 1.82) is 0 Å². The minimum atomic E-state index is 0.374. The van der Waals surface area contributed by atoms with Gasteiger partial charge < -0.3 is 9.84 Å². The maximum absolute atomic E-state index is 10.9. The maximum Gasteiger partial charge on any atom is 0.122 e. The van der Waals surface area contributed by atoms with Gasteiger partial charge in [0.1, 0.15) is 11.5 Å². The Morgan fingerprint density at radius 1 is 0.742 bits per heavy atom. The second-order valence-corrected chi connectivity index (χ2v) is 9.90. The number of benzene rings is 1. The van der Waals surface area contributed by atoms with Crippen molar-refractivity contribution in [3.05, 3.63) is 23.3 Å². The van der Waals surface area contributed by atoms with E-state index in [4.69, 9.17) is 4.74 Å². The molecule has 2 atom stereocenters. The normalized spacial score (nSPS) is 13.3. The number of methoxy groups -OCH3 is 1. The molecule has 1 rings (SSSR count). The van der Waals surface area contributed by atoms with Gasteiger partial charge in [-0.25, -0.2) is 0 Å². The van der Waals surface area contributed by atoms with Gasteiger partial charge in [-0.1, -0.05) is 118 Å². The van der Waals surface area contributed by atoms with Crippen LogP contribution in [0.2, 0.25) is 0 Å². The van der Waals surface area contributed by atoms with Gasteiger partial charge in [-0.3, -0.25) is 0 Å². The van der Waals surface area contributed by atoms with Gasteiger partial charge in [0.25, 0.3) is 0 Å². The summed E-state index contributed by atoms with van der Waals surface area (Å²) in [6, 6.07) is 4.08. The Morgan fingerprint density at radius 2 is 1.29 bits per heavy atom. The fourth-order valence-corrected chi connectivity index (χ4v) is 4.76. The molecule has 180 valence electrons. The van der Waals surface area contributed by atoms with E-state index in [0.717, 1.165) is 29.7 Å². The molecule has 1 aromatic carbocycles. The van der Waals surface area contributed by atoms with Crippen molar-refractivity contribution >= 4 is 0 Å². The molecule has 0 aliphatic rings. The summed E-state index contributed by atoms with van der Waals surface area (Å²) in [6.07, 6.45) is 21.0. The Balaban J connectivity index is 2.34. The molecule has 1 aromatic rings. The summed E-state index contributed by atoms with van der Waals surface area (Å²) in [5.74, 6) is 2.35. The lowest BCUT2D eigenvalue weighted by molar-refractivity contribution is 0.403. The molecule has 1 N–H and O–H groups in total. The van der Waals surface area contributed by atoms with Crippen LogP contribution in [0.25, 0.3) is 0 Å². The quantitative estimate of drug-likeness (QED) is 0.220. The first-order valence-electron chi connectivity index (χ1n) is 13.4. The van der Waals surface area contributed by atoms with Crippen LogP contribution < -0.4 is 4.74 Å². The second kappa shape index (κ2) is 17.4. The number of rotatable bonds is 19. The molecule has 2 nitrogen and oxygen atoms in total. The minimum absolute atomic E-state index is 0.374. The summed E-state index contributed by atoms with van der Waals surface area (Å²) in [5, 5.41) is 10.9. The van der Waals surface area contributed by atoms with E-state index in [1.165, 1.54) is 89.9 Å². The van der Waals surface area contributed by atoms with E-state index in [0.29, 0.717) is 17.6 Å². The highest BCUT2D eigenvalue weighted by molar-refractivity contribution is 5.48. The molecule has 0 aliphatic heterocycles. The number of hydrogen-bond acceptors (Lipinski definition) is 2. The summed E-state index contributed by atoms with van der Waals surface area (Å²) in [4.78, 5) is 0. The molecule has 0 aromatic heterocycles. The third-order valence-corrected chi connectivity index (χ3v) is 6.80. The van der Waals surface area contributed by atoms with Crippen LogP contribution in [0, 0.1) is 5.92 Å². The van der Waals surface area contributed by atoms with E-state index in [2.05, 4.69) is 33.8 Å². The maximum atomic E-state index is 10.9. The van der Waals surface area contributed by atoms with Crippen molar-refractivity contribution < 1.29 is 9.84 Å². The van der Waals surface area contributed by atoms with Gasteiger partial charge in [-0.2, -0.15) is 0 Å². The summed E-state index contributed by atoms with van der Waals surface area (Å²) < 4.78 is 5.55. The zero-order valence-corrected chi connectivity index (χ0v) is 21.5. The standard InChI is InChI=1S/C29H52O2/c1-6-8-9-10-11-12-13-14-15-16-17-18-20-25(4)28-23-27(31-5)22-26(29(28)30)21-24(3)19-7-2/h22-25,30H,6-21H2,1-5H3. The molecule has 0 saturated carbocycles. The number of phenolic OH excluding ortho intramolecular Hbond substituents is 1. The lowest BCUT2D eigenvalue weighted by Crippen LogP contribution is -2.03. The Bertz CT molecular complexity index is 566. The number of ether oxygens (including phenoxy) is 1. The SMILES string of the molecule is CCCCCCCCCCCCCCC(C)c1cc(OC)cc(CC(C)CCC)c1O. The van der Waals surface area contributed by atoms with E-state index < -0.39 is 0 Å². The zero-order chi connectivity index (χ0) is 22.9. The van der Waals surface area contributed by atoms with Crippen molar-refractivity contribution in [3.8, 4) is 11.5 Å². The van der Waals surface area contributed by atoms with Crippen LogP contribution in [-0.2, 0) is 6.42 Å². The van der Waals surface area contributed by atoms with E-state index >= 15 is 0 Å². The fourth-order valence-electron chi connectivity index (χ4n) is 4.76. The Labute approximate surface area is 194 Å². The number of unbranched alkanes of at least 4 members (excludes halogenated alkanes) is 11. The van der Waals surface area contributed by atoms with E-state index in [1.807, 2.05) is 6.07 Å². The average Bonchev–Trinajstić information content (AvgIpc) is 2.75. The number of aromatic hydroxyl groups is 1. The molecule has 2 unspecified atom stereocenters. The molecular formula is C29H52O2. The van der Waals surface area contributed by atoms with E-state index in [-0.39, 0.29) is 0 Å². The highest BCUT2D eigenvalue weighted by Crippen LogP contribution is 2.37. The average molecular weight is 433 g/mol. The highest BCUT2D eigenvalue weighted by atomic mass is 16.5. The molecular weight excluding hydrogens is 380 g/mol. The molecule has 31 heavy (non-hydrogen) atoms. The third kappa shape index (κ3) is 11.9. The van der Waals surface area contributed by atoms with Crippen LogP contribution in [-0.4, -0.2) is 12.2 Å². The van der Waals surface area contributed by atoms with Crippen LogP contribution in [0.1, 0.15) is 141 Å². The van der Waals surface area contributed by atoms with Crippen molar-refractivity contribution in [2.45, 2.75) is 136 Å². The van der Waals surface area contributed by atoms with E-state index in [1.54, 1.807) is 7.11 Å². The number of phenols is 1. The molecule has 0 bridgehead atoms. The first-order valence-corrected chi connectivity index (χ1v) is 13.4. The van der Waals surface area contributed by atoms with Gasteiger partial charge in [0, 0.05) is 5.56 Å². The molecule has 0 spiro atoms. The molecule has 0 aliphatic carbocycles. The van der Waals surface area contributed by atoms with Crippen molar-refractivity contribution in [2.75, 3.05) is 7.11 Å². The summed E-state index contributed by atoms with van der Waals surface area (Å²) in [7, 11) is 1.73. The summed E-state index contributed by atoms with van der Waals surface area (Å²) in [5.41, 5.74) is 2.12. The lowest BCUT2D eigenvalue weighted by Gasteiger charge is -2.19. The number of hydrogen-bond donors (Lipinski definition) is 1. The predicted octanol–water partition coefficient (Wildman–Crippen LogP) is 9.57. The second-order valence-electron chi connectivity index (χ2n) is 9.90. The van der Waals surface area contributed by atoms with Crippen molar-refractivity contribution in [3.63, 3.8) is 0 Å². The molecule has 0 heterocycles. The fraction of sp³-hybridized carbons (Fsp3) is 0.793. The molecule has 2 heteroatoms. The Kier molecular flexibility index (Phi) is 15.6. The monoisotopic (exact) mass is 432 g/mol. The van der Waals surface area contributed by atoms with Crippen molar-refractivity contribution in [2.24, 2.45) is 5.92 Å². The van der Waals surface area contributed by atoms with Gasteiger partial charge in [-0.15, -0.1) is 0 Å². The Hall–Kier alpha value is -1.18. The highest BCUT2D eigenvalue weighted by Gasteiger charge is 2.17. The van der Waals surface area contributed by atoms with E-state index in [9.17, 15) is 5.11 Å². The summed E-state index contributed by atoms with van der Waals surface area (Å²) in [6.45, 7) is 9.04. The molecule has 0 radical (unpaired) electrons. The molecule has 0 amide bonds. The van der Waals surface area contributed by atoms with Crippen LogP contribution in [0.4, 0.5) is 0 Å². The topological polar surface area (TPSA) is 29.5 Å². The van der Waals surface area contributed by atoms with Crippen LogP contribution in [0.15, 0.2) is 12.1 Å². The van der Waals surface area contributed by atoms with Gasteiger partial charge in [-0.05, 0) is 42.4 Å².